The normalized spacial score (nSPS) is 20.0. The summed E-state index contributed by atoms with van der Waals surface area (Å²) >= 11 is 0. The van der Waals surface area contributed by atoms with E-state index in [1.54, 1.807) is 13.2 Å². The molecule has 0 bridgehead atoms. The van der Waals surface area contributed by atoms with Gasteiger partial charge in [-0.05, 0) is 49.9 Å². The van der Waals surface area contributed by atoms with Crippen LogP contribution in [0.2, 0.25) is 0 Å². The Morgan fingerprint density at radius 2 is 2.04 bits per heavy atom. The van der Waals surface area contributed by atoms with Crippen molar-refractivity contribution in [1.82, 2.24) is 9.88 Å². The first-order chi connectivity index (χ1) is 12.1. The van der Waals surface area contributed by atoms with Gasteiger partial charge in [0.1, 0.15) is 11.8 Å². The van der Waals surface area contributed by atoms with E-state index in [9.17, 15) is 14.7 Å². The predicted molar refractivity (Wildman–Crippen MR) is 92.0 cm³/mol. The second-order valence-corrected chi connectivity index (χ2v) is 6.75. The van der Waals surface area contributed by atoms with Crippen LogP contribution in [0.1, 0.15) is 47.7 Å². The van der Waals surface area contributed by atoms with E-state index in [0.717, 1.165) is 24.1 Å². The van der Waals surface area contributed by atoms with Crippen molar-refractivity contribution in [1.29, 1.82) is 0 Å². The number of hydrogen-bond donors (Lipinski definition) is 1. The van der Waals surface area contributed by atoms with Crippen molar-refractivity contribution in [3.8, 4) is 5.75 Å². The van der Waals surface area contributed by atoms with Crippen molar-refractivity contribution in [3.05, 3.63) is 35.5 Å². The molecule has 4 rings (SSSR count). The molecule has 1 saturated carbocycles. The van der Waals surface area contributed by atoms with Crippen molar-refractivity contribution in [2.24, 2.45) is 0 Å². The fourth-order valence-electron chi connectivity index (χ4n) is 3.54. The molecule has 6 heteroatoms. The molecule has 2 aromatic rings. The third kappa shape index (κ3) is 2.81. The van der Waals surface area contributed by atoms with Crippen LogP contribution in [-0.2, 0) is 4.79 Å². The predicted octanol–water partition coefficient (Wildman–Crippen LogP) is 2.81. The summed E-state index contributed by atoms with van der Waals surface area (Å²) in [5, 5.41) is 10.1. The van der Waals surface area contributed by atoms with E-state index in [1.165, 1.54) is 4.90 Å². The van der Waals surface area contributed by atoms with Gasteiger partial charge in [0.2, 0.25) is 0 Å². The molecular weight excluding hydrogens is 320 g/mol. The highest BCUT2D eigenvalue weighted by Crippen LogP contribution is 2.40. The Hall–Kier alpha value is -2.63. The highest BCUT2D eigenvalue weighted by Gasteiger charge is 2.36. The zero-order valence-electron chi connectivity index (χ0n) is 14.1. The van der Waals surface area contributed by atoms with Gasteiger partial charge in [-0.2, -0.15) is 0 Å². The summed E-state index contributed by atoms with van der Waals surface area (Å²) in [5.41, 5.74) is 2.20. The smallest absolute Gasteiger partial charge is 0.326 e. The molecule has 1 aromatic carbocycles. The summed E-state index contributed by atoms with van der Waals surface area (Å²) < 4.78 is 5.29. The van der Waals surface area contributed by atoms with Gasteiger partial charge >= 0.3 is 5.97 Å². The van der Waals surface area contributed by atoms with Crippen molar-refractivity contribution in [2.45, 2.75) is 37.6 Å². The average molecular weight is 340 g/mol. The summed E-state index contributed by atoms with van der Waals surface area (Å²) in [7, 11) is 1.58. The van der Waals surface area contributed by atoms with Crippen LogP contribution in [0.15, 0.2) is 24.3 Å². The maximum Gasteiger partial charge on any atom is 0.326 e. The molecule has 0 spiro atoms. The topological polar surface area (TPSA) is 79.7 Å². The highest BCUT2D eigenvalue weighted by molar-refractivity contribution is 6.07. The number of aliphatic carboxylic acids is 1. The van der Waals surface area contributed by atoms with E-state index < -0.39 is 12.0 Å². The van der Waals surface area contributed by atoms with Crippen LogP contribution in [0.25, 0.3) is 10.9 Å². The van der Waals surface area contributed by atoms with Crippen LogP contribution in [0.5, 0.6) is 5.75 Å². The Morgan fingerprint density at radius 3 is 2.72 bits per heavy atom. The lowest BCUT2D eigenvalue weighted by Crippen LogP contribution is -2.40. The summed E-state index contributed by atoms with van der Waals surface area (Å²) in [5.74, 6) is -0.109. The van der Waals surface area contributed by atoms with E-state index in [2.05, 4.69) is 0 Å². The number of benzene rings is 1. The molecule has 1 atom stereocenters. The van der Waals surface area contributed by atoms with Gasteiger partial charge in [0.05, 0.1) is 18.2 Å². The second kappa shape index (κ2) is 6.02. The lowest BCUT2D eigenvalue weighted by atomic mass is 10.0. The van der Waals surface area contributed by atoms with E-state index in [-0.39, 0.29) is 5.91 Å². The number of carboxylic acid groups (broad SMARTS) is 1. The number of nitrogens with zero attached hydrogens (tertiary/aromatic N) is 2. The van der Waals surface area contributed by atoms with Crippen molar-refractivity contribution >= 4 is 22.8 Å². The van der Waals surface area contributed by atoms with Gasteiger partial charge in [-0.15, -0.1) is 0 Å². The minimum absolute atomic E-state index is 0.229. The zero-order valence-corrected chi connectivity index (χ0v) is 14.1. The van der Waals surface area contributed by atoms with Gasteiger partial charge in [-0.3, -0.25) is 9.78 Å². The highest BCUT2D eigenvalue weighted by atomic mass is 16.5. The molecule has 6 nitrogen and oxygen atoms in total. The largest absolute Gasteiger partial charge is 0.497 e. The van der Waals surface area contributed by atoms with Gasteiger partial charge < -0.3 is 14.7 Å². The summed E-state index contributed by atoms with van der Waals surface area (Å²) in [6.45, 7) is 0.475. The molecule has 1 saturated heterocycles. The molecule has 2 aliphatic rings. The number of carbonyl (C=O) groups is 2. The van der Waals surface area contributed by atoms with Crippen molar-refractivity contribution < 1.29 is 19.4 Å². The van der Waals surface area contributed by atoms with Gasteiger partial charge in [0, 0.05) is 23.5 Å². The van der Waals surface area contributed by atoms with Crippen molar-refractivity contribution in [2.75, 3.05) is 13.7 Å². The molecular formula is C19H20N2O4. The minimum Gasteiger partial charge on any atom is -0.497 e. The van der Waals surface area contributed by atoms with Crippen LogP contribution in [-0.4, -0.2) is 46.6 Å². The average Bonchev–Trinajstić information content (AvgIpc) is 3.35. The second-order valence-electron chi connectivity index (χ2n) is 6.75. The Kier molecular flexibility index (Phi) is 3.82. The van der Waals surface area contributed by atoms with Gasteiger partial charge in [0.25, 0.3) is 5.91 Å². The summed E-state index contributed by atoms with van der Waals surface area (Å²) in [4.78, 5) is 30.8. The van der Waals surface area contributed by atoms with Crippen LogP contribution >= 0.6 is 0 Å². The van der Waals surface area contributed by atoms with E-state index in [4.69, 9.17) is 9.72 Å². The number of ether oxygens (including phenoxy) is 1. The molecule has 2 heterocycles. The van der Waals surface area contributed by atoms with Gasteiger partial charge in [-0.1, -0.05) is 0 Å². The first-order valence-corrected chi connectivity index (χ1v) is 8.61. The van der Waals surface area contributed by atoms with E-state index >= 15 is 0 Å². The number of likely N-dealkylation sites (tertiary alicyclic amines) is 1. The molecule has 25 heavy (non-hydrogen) atoms. The standard InChI is InChI=1S/C19H20N2O4/c1-25-12-6-7-15-13(9-12)14(10-16(20-15)11-4-5-11)18(22)21-8-2-3-17(21)19(23)24/h6-7,9-11,17H,2-5,8H2,1H3,(H,23,24). The SMILES string of the molecule is COc1ccc2nc(C3CC3)cc(C(=O)N3CCCC3C(=O)O)c2c1. The molecule has 130 valence electrons. The van der Waals surface area contributed by atoms with Gasteiger partial charge in [0.15, 0.2) is 0 Å². The quantitative estimate of drug-likeness (QED) is 0.926. The molecule has 1 amide bonds. The van der Waals surface area contributed by atoms with Gasteiger partial charge in [-0.25, -0.2) is 4.79 Å². The third-order valence-electron chi connectivity index (χ3n) is 5.06. The van der Waals surface area contributed by atoms with E-state index in [1.807, 2.05) is 18.2 Å². The number of rotatable bonds is 4. The molecule has 2 fully saturated rings. The summed E-state index contributed by atoms with van der Waals surface area (Å²) in [6, 6.07) is 6.59. The lowest BCUT2D eigenvalue weighted by molar-refractivity contribution is -0.141. The van der Waals surface area contributed by atoms with Crippen LogP contribution in [0.3, 0.4) is 0 Å². The number of carbonyl (C=O) groups excluding carboxylic acids is 1. The van der Waals surface area contributed by atoms with E-state index in [0.29, 0.717) is 42.0 Å². The zero-order chi connectivity index (χ0) is 17.6. The number of carboxylic acids is 1. The Bertz CT molecular complexity index is 860. The molecule has 1 aromatic heterocycles. The Morgan fingerprint density at radius 1 is 1.24 bits per heavy atom. The maximum absolute atomic E-state index is 13.2. The monoisotopic (exact) mass is 340 g/mol. The number of methoxy groups -OCH3 is 1. The van der Waals surface area contributed by atoms with Crippen LogP contribution in [0, 0.1) is 0 Å². The fraction of sp³-hybridized carbons (Fsp3) is 0.421. The molecule has 1 aliphatic carbocycles. The number of hydrogen-bond acceptors (Lipinski definition) is 4. The first kappa shape index (κ1) is 15.9. The lowest BCUT2D eigenvalue weighted by Gasteiger charge is -2.22. The Labute approximate surface area is 145 Å². The van der Waals surface area contributed by atoms with Crippen LogP contribution in [0.4, 0.5) is 0 Å². The third-order valence-corrected chi connectivity index (χ3v) is 5.06. The first-order valence-electron chi connectivity index (χ1n) is 8.61. The van der Waals surface area contributed by atoms with Crippen LogP contribution < -0.4 is 4.74 Å². The van der Waals surface area contributed by atoms with Crippen molar-refractivity contribution in [3.63, 3.8) is 0 Å². The number of fused-ring (bicyclic) bond motifs is 1. The molecule has 1 unspecified atom stereocenters. The minimum atomic E-state index is -0.941. The number of aromatic nitrogens is 1. The molecule has 1 aliphatic heterocycles. The molecule has 1 N–H and O–H groups in total. The number of amides is 1. The maximum atomic E-state index is 13.2. The molecule has 0 radical (unpaired) electrons. The Balaban J connectivity index is 1.83. The summed E-state index contributed by atoms with van der Waals surface area (Å²) in [6.07, 6.45) is 3.39. The fourth-order valence-corrected chi connectivity index (χ4v) is 3.54. The number of pyridine rings is 1.